The molecular formula is C30H39FN2O15. The summed E-state index contributed by atoms with van der Waals surface area (Å²) in [6.45, 7) is 0.556. The van der Waals surface area contributed by atoms with Gasteiger partial charge in [0.2, 0.25) is 5.78 Å². The number of carboxylic acid groups (broad SMARTS) is 1. The van der Waals surface area contributed by atoms with Crippen LogP contribution in [0.2, 0.25) is 0 Å². The van der Waals surface area contributed by atoms with Crippen molar-refractivity contribution in [3.05, 3.63) is 33.9 Å². The van der Waals surface area contributed by atoms with Crippen LogP contribution in [0, 0.1) is 32.8 Å². The summed E-state index contributed by atoms with van der Waals surface area (Å²) >= 11 is 0. The highest BCUT2D eigenvalue weighted by Crippen LogP contribution is 2.69. The number of aliphatic carboxylic acids is 1. The third kappa shape index (κ3) is 6.35. The molecule has 0 aromatic carbocycles. The molecule has 4 rings (SSSR count). The number of unbranched alkanes of at least 4 members (excludes halogenated alkanes) is 1. The Morgan fingerprint density at radius 1 is 1.10 bits per heavy atom. The van der Waals surface area contributed by atoms with Gasteiger partial charge < -0.3 is 44.8 Å². The number of carboxylic acids is 1. The molecule has 0 aromatic heterocycles. The van der Waals surface area contributed by atoms with Crippen molar-refractivity contribution < 1.29 is 72.9 Å². The Kier molecular flexibility index (Phi) is 10.5. The lowest BCUT2D eigenvalue weighted by Crippen LogP contribution is -2.69. The molecule has 0 bridgehead atoms. The smallest absolute Gasteiger partial charge is 0.480 e. The summed E-state index contributed by atoms with van der Waals surface area (Å²) in [5, 5.41) is 54.6. The Balaban J connectivity index is 1.36. The number of carbonyl (C=O) groups is 5. The average Bonchev–Trinajstić information content (AvgIpc) is 3.21. The minimum atomic E-state index is -2.59. The first kappa shape index (κ1) is 36.7. The minimum absolute atomic E-state index is 0.00495. The van der Waals surface area contributed by atoms with E-state index in [0.29, 0.717) is 5.57 Å². The van der Waals surface area contributed by atoms with E-state index in [1.54, 1.807) is 13.0 Å². The molecule has 2 saturated carbocycles. The average molecular weight is 687 g/mol. The molecule has 4 aliphatic rings. The number of ether oxygens (including phenoxy) is 3. The molecule has 4 aliphatic carbocycles. The van der Waals surface area contributed by atoms with Gasteiger partial charge in [0.15, 0.2) is 29.7 Å². The molecule has 0 spiro atoms. The Bertz CT molecular complexity index is 1400. The van der Waals surface area contributed by atoms with Gasteiger partial charge in [0, 0.05) is 23.2 Å². The molecule has 1 unspecified atom stereocenters. The molecule has 48 heavy (non-hydrogen) atoms. The summed E-state index contributed by atoms with van der Waals surface area (Å²) in [4.78, 5) is 75.4. The first-order valence-corrected chi connectivity index (χ1v) is 15.4. The summed E-state index contributed by atoms with van der Waals surface area (Å²) in [7, 11) is 0. The predicted octanol–water partition coefficient (Wildman–Crippen LogP) is 0.949. The summed E-state index contributed by atoms with van der Waals surface area (Å²) in [6.07, 6.45) is -1.93. The molecule has 266 valence electrons. The third-order valence-electron chi connectivity index (χ3n) is 10.5. The highest BCUT2D eigenvalue weighted by Gasteiger charge is 2.76. The summed E-state index contributed by atoms with van der Waals surface area (Å²) < 4.78 is 31.4. The highest BCUT2D eigenvalue weighted by molar-refractivity contribution is 5.94. The largest absolute Gasteiger partial charge is 0.508 e. The summed E-state index contributed by atoms with van der Waals surface area (Å²) in [5.74, 6) is -4.78. The fourth-order valence-corrected chi connectivity index (χ4v) is 7.93. The molecule has 17 nitrogen and oxygen atoms in total. The lowest BCUT2D eigenvalue weighted by molar-refractivity contribution is -0.757. The number of alkyl halides is 1. The lowest BCUT2D eigenvalue weighted by atomic mass is 9.45. The molecule has 1 amide bonds. The van der Waals surface area contributed by atoms with E-state index < -0.39 is 101 Å². The van der Waals surface area contributed by atoms with E-state index in [0.717, 1.165) is 0 Å². The number of nitrogens with one attached hydrogen (secondary N) is 1. The number of nitrogens with zero attached hydrogens (tertiary/aromatic N) is 1. The van der Waals surface area contributed by atoms with Crippen LogP contribution in [-0.2, 0) is 33.4 Å². The number of carbonyl (C=O) groups excluding carboxylic acids is 4. The molecule has 9 atom stereocenters. The van der Waals surface area contributed by atoms with Crippen molar-refractivity contribution in [2.24, 2.45) is 22.7 Å². The number of fused-ring (bicyclic) bond motifs is 5. The molecule has 18 heteroatoms. The van der Waals surface area contributed by atoms with Crippen molar-refractivity contribution in [1.82, 2.24) is 5.32 Å². The zero-order valence-electron chi connectivity index (χ0n) is 26.3. The van der Waals surface area contributed by atoms with Gasteiger partial charge >= 0.3 is 18.2 Å². The Hall–Kier alpha value is -4.16. The normalized spacial score (nSPS) is 35.5. The zero-order chi connectivity index (χ0) is 35.7. The van der Waals surface area contributed by atoms with Crippen molar-refractivity contribution in [3.8, 4) is 0 Å². The fraction of sp³-hybridized carbons (Fsp3) is 0.700. The Labute approximate surface area is 273 Å². The molecular weight excluding hydrogens is 647 g/mol. The van der Waals surface area contributed by atoms with Gasteiger partial charge in [-0.05, 0) is 51.0 Å². The molecule has 0 aromatic rings. The van der Waals surface area contributed by atoms with Crippen molar-refractivity contribution in [3.63, 3.8) is 0 Å². The van der Waals surface area contributed by atoms with Crippen molar-refractivity contribution in [1.29, 1.82) is 0 Å². The van der Waals surface area contributed by atoms with Gasteiger partial charge in [0.05, 0.1) is 25.4 Å². The van der Waals surface area contributed by atoms with E-state index in [9.17, 15) is 54.5 Å². The number of aliphatic hydroxyl groups excluding tert-OH is 2. The van der Waals surface area contributed by atoms with Crippen LogP contribution >= 0.6 is 0 Å². The van der Waals surface area contributed by atoms with E-state index in [1.807, 2.05) is 5.32 Å². The number of rotatable bonds is 13. The van der Waals surface area contributed by atoms with Crippen LogP contribution in [0.15, 0.2) is 23.8 Å². The first-order valence-electron chi connectivity index (χ1n) is 15.4. The summed E-state index contributed by atoms with van der Waals surface area (Å²) in [5.41, 5.74) is -7.25. The number of ketones is 2. The van der Waals surface area contributed by atoms with Gasteiger partial charge in [-0.15, -0.1) is 10.1 Å². The third-order valence-corrected chi connectivity index (χ3v) is 10.5. The molecule has 0 saturated heterocycles. The predicted molar refractivity (Wildman–Crippen MR) is 155 cm³/mol. The van der Waals surface area contributed by atoms with Gasteiger partial charge in [-0.1, -0.05) is 24.6 Å². The summed E-state index contributed by atoms with van der Waals surface area (Å²) in [6, 6.07) is -1.85. The van der Waals surface area contributed by atoms with E-state index >= 15 is 4.39 Å². The van der Waals surface area contributed by atoms with Gasteiger partial charge in [0.25, 0.3) is 5.09 Å². The zero-order valence-corrected chi connectivity index (χ0v) is 26.3. The second-order valence-corrected chi connectivity index (χ2v) is 13.0. The lowest BCUT2D eigenvalue weighted by Gasteiger charge is -2.61. The highest BCUT2D eigenvalue weighted by atomic mass is 19.1. The van der Waals surface area contributed by atoms with Gasteiger partial charge in [-0.2, -0.15) is 0 Å². The van der Waals surface area contributed by atoms with Crippen LogP contribution in [0.5, 0.6) is 0 Å². The number of alkyl carbamates (subject to hydrolysis) is 1. The molecule has 0 aliphatic heterocycles. The number of hydrogen-bond acceptors (Lipinski definition) is 14. The maximum atomic E-state index is 17.2. The molecule has 2 fully saturated rings. The number of Topliss-reactive ketones (excluding diaryl/α,β-unsaturated/α-hetero) is 1. The van der Waals surface area contributed by atoms with Gasteiger partial charge in [0.1, 0.15) is 6.61 Å². The number of allylic oxidation sites excluding steroid dienone is 4. The fourth-order valence-electron chi connectivity index (χ4n) is 7.93. The van der Waals surface area contributed by atoms with E-state index in [4.69, 9.17) is 9.47 Å². The van der Waals surface area contributed by atoms with Crippen LogP contribution in [0.25, 0.3) is 0 Å². The van der Waals surface area contributed by atoms with Crippen LogP contribution in [-0.4, -0.2) is 111 Å². The van der Waals surface area contributed by atoms with Crippen molar-refractivity contribution >= 4 is 29.8 Å². The molecule has 0 heterocycles. The monoisotopic (exact) mass is 686 g/mol. The standard InChI is InChI=1S/C30H39FN2O15/c1-27-8-7-17(34)11-16(27)5-6-18-19-12-21(35)30(42,28(19,2)13-22(36)29(18,27)31)23(37)15-46-25(40)32-20(24(38)39)14-47-26(41)45-9-3-4-10-48-33(43)44/h5,7-8,18-22,35-36,42H,3-4,6,9-15H2,1-2H3,(H,32,40)(H,38,39)/t18-,19-,20?,21+,22-,27-,28-,29-,30-/m0/s1. The molecule has 5 N–H and O–H groups in total. The number of halogens is 1. The SMILES string of the molecule is C[C@]12C=CC(=O)CC1=CC[C@H]1[C@@H]3C[C@@H](O)[C@](O)(C(=O)COC(=O)NC(COC(=O)OCCCCO[N+](=O)[O-])C(=O)O)[C@@]3(C)C[C@H](O)[C@@]12F. The van der Waals surface area contributed by atoms with Crippen LogP contribution in [0.4, 0.5) is 14.0 Å². The van der Waals surface area contributed by atoms with Crippen molar-refractivity contribution in [2.45, 2.75) is 81.9 Å². The van der Waals surface area contributed by atoms with Crippen LogP contribution in [0.1, 0.15) is 52.4 Å². The number of amides is 1. The second kappa shape index (κ2) is 13.8. The second-order valence-electron chi connectivity index (χ2n) is 13.0. The van der Waals surface area contributed by atoms with E-state index in [-0.39, 0.29) is 51.1 Å². The Morgan fingerprint density at radius 2 is 1.79 bits per heavy atom. The first-order chi connectivity index (χ1) is 22.4. The Morgan fingerprint density at radius 3 is 2.46 bits per heavy atom. The van der Waals surface area contributed by atoms with Crippen LogP contribution in [0.3, 0.4) is 0 Å². The molecule has 0 radical (unpaired) electrons. The van der Waals surface area contributed by atoms with Gasteiger partial charge in [-0.25, -0.2) is 18.8 Å². The van der Waals surface area contributed by atoms with Crippen LogP contribution < -0.4 is 5.32 Å². The van der Waals surface area contributed by atoms with Crippen molar-refractivity contribution in [2.75, 3.05) is 26.4 Å². The number of aliphatic hydroxyl groups is 3. The van der Waals surface area contributed by atoms with Gasteiger partial charge in [-0.3, -0.25) is 9.59 Å². The quantitative estimate of drug-likeness (QED) is 0.0594. The maximum Gasteiger partial charge on any atom is 0.508 e. The van der Waals surface area contributed by atoms with E-state index in [1.165, 1.54) is 19.1 Å². The minimum Gasteiger partial charge on any atom is -0.480 e. The number of hydrogen-bond donors (Lipinski definition) is 5. The topological polar surface area (TPSA) is 258 Å². The maximum absolute atomic E-state index is 17.2. The van der Waals surface area contributed by atoms with E-state index in [2.05, 4.69) is 9.57 Å².